The first kappa shape index (κ1) is 21.3. The summed E-state index contributed by atoms with van der Waals surface area (Å²) in [4.78, 5) is 12.6. The van der Waals surface area contributed by atoms with Crippen molar-refractivity contribution in [3.63, 3.8) is 0 Å². The lowest BCUT2D eigenvalue weighted by molar-refractivity contribution is -0.120. The van der Waals surface area contributed by atoms with Crippen molar-refractivity contribution in [1.29, 1.82) is 0 Å². The predicted molar refractivity (Wildman–Crippen MR) is 115 cm³/mol. The number of hydrogen-bond acceptors (Lipinski definition) is 4. The number of hydrogen-bond donors (Lipinski definition) is 2. The number of rotatable bonds is 7. The monoisotopic (exact) mass is 416 g/mol. The summed E-state index contributed by atoms with van der Waals surface area (Å²) >= 11 is 0. The smallest absolute Gasteiger partial charge is 0.227 e. The highest BCUT2D eigenvalue weighted by Gasteiger charge is 2.29. The number of ether oxygens (including phenoxy) is 1. The number of sulfonamides is 1. The van der Waals surface area contributed by atoms with Gasteiger partial charge in [0.05, 0.1) is 5.25 Å². The van der Waals surface area contributed by atoms with Gasteiger partial charge in [0, 0.05) is 23.7 Å². The van der Waals surface area contributed by atoms with E-state index >= 15 is 0 Å². The largest absolute Gasteiger partial charge is 0.457 e. The quantitative estimate of drug-likeness (QED) is 0.705. The minimum atomic E-state index is -3.28. The highest BCUT2D eigenvalue weighted by molar-refractivity contribution is 7.90. The van der Waals surface area contributed by atoms with E-state index in [1.807, 2.05) is 48.5 Å². The highest BCUT2D eigenvalue weighted by Crippen LogP contribution is 2.28. The second kappa shape index (κ2) is 9.41. The Bertz CT molecular complexity index is 921. The molecule has 1 aliphatic carbocycles. The van der Waals surface area contributed by atoms with E-state index in [2.05, 4.69) is 10.0 Å². The maximum absolute atomic E-state index is 12.6. The summed E-state index contributed by atoms with van der Waals surface area (Å²) in [7, 11) is -3.28. The lowest BCUT2D eigenvalue weighted by Crippen LogP contribution is -2.42. The van der Waals surface area contributed by atoms with Crippen molar-refractivity contribution >= 4 is 21.6 Å². The van der Waals surface area contributed by atoms with E-state index in [0.29, 0.717) is 37.1 Å². The molecule has 0 bridgehead atoms. The van der Waals surface area contributed by atoms with Crippen LogP contribution in [0.1, 0.15) is 39.5 Å². The van der Waals surface area contributed by atoms with E-state index in [9.17, 15) is 13.2 Å². The minimum absolute atomic E-state index is 0.0352. The Hall–Kier alpha value is -2.38. The molecule has 156 valence electrons. The molecule has 1 amide bonds. The van der Waals surface area contributed by atoms with E-state index in [-0.39, 0.29) is 17.9 Å². The molecule has 1 saturated carbocycles. The third kappa shape index (κ3) is 6.05. The molecule has 7 heteroatoms. The van der Waals surface area contributed by atoms with Gasteiger partial charge in [-0.05, 0) is 63.8 Å². The van der Waals surface area contributed by atoms with Gasteiger partial charge < -0.3 is 10.1 Å². The summed E-state index contributed by atoms with van der Waals surface area (Å²) < 4.78 is 32.6. The maximum atomic E-state index is 12.6. The molecular weight excluding hydrogens is 388 g/mol. The third-order valence-electron chi connectivity index (χ3n) is 5.13. The normalized spacial score (nSPS) is 19.7. The molecule has 0 atom stereocenters. The van der Waals surface area contributed by atoms with E-state index in [4.69, 9.17) is 4.74 Å². The van der Waals surface area contributed by atoms with E-state index in [0.717, 1.165) is 5.75 Å². The Morgan fingerprint density at radius 3 is 2.28 bits per heavy atom. The second-order valence-electron chi connectivity index (χ2n) is 7.69. The van der Waals surface area contributed by atoms with Gasteiger partial charge in [0.15, 0.2) is 0 Å². The van der Waals surface area contributed by atoms with Crippen molar-refractivity contribution in [1.82, 2.24) is 4.72 Å². The summed E-state index contributed by atoms with van der Waals surface area (Å²) in [6.07, 6.45) is 2.66. The molecular formula is C22H28N2O4S. The second-order valence-corrected chi connectivity index (χ2v) is 9.96. The zero-order valence-corrected chi connectivity index (χ0v) is 17.6. The molecule has 3 rings (SSSR count). The van der Waals surface area contributed by atoms with Crippen molar-refractivity contribution in [2.45, 2.75) is 50.8 Å². The summed E-state index contributed by atoms with van der Waals surface area (Å²) in [5, 5.41) is 2.51. The van der Waals surface area contributed by atoms with Crippen LogP contribution >= 0.6 is 0 Å². The van der Waals surface area contributed by atoms with Crippen LogP contribution in [-0.2, 0) is 14.8 Å². The van der Waals surface area contributed by atoms with Gasteiger partial charge >= 0.3 is 0 Å². The average Bonchev–Trinajstić information content (AvgIpc) is 2.69. The first-order chi connectivity index (χ1) is 13.8. The van der Waals surface area contributed by atoms with Crippen LogP contribution in [0, 0.1) is 5.92 Å². The Kier molecular flexibility index (Phi) is 6.92. The molecule has 0 aromatic heterocycles. The van der Waals surface area contributed by atoms with Gasteiger partial charge in [0.2, 0.25) is 15.9 Å². The first-order valence-corrected chi connectivity index (χ1v) is 11.5. The first-order valence-electron chi connectivity index (χ1n) is 9.98. The van der Waals surface area contributed by atoms with Crippen LogP contribution in [-0.4, -0.2) is 25.6 Å². The van der Waals surface area contributed by atoms with Crippen molar-refractivity contribution in [2.75, 3.05) is 5.32 Å². The Balaban J connectivity index is 1.53. The number of carbonyl (C=O) groups excluding carboxylic acids is 1. The summed E-state index contributed by atoms with van der Waals surface area (Å²) in [5.41, 5.74) is 0.686. The molecule has 0 spiro atoms. The standard InChI is InChI=1S/C22H28N2O4S/c1-16(2)29(26,27)24-18-13-11-17(12-14-18)22(25)23-19-7-6-10-21(15-19)28-20-8-4-3-5-9-20/h3-10,15-18,24H,11-14H2,1-2H3,(H,23,25). The lowest BCUT2D eigenvalue weighted by Gasteiger charge is -2.28. The topological polar surface area (TPSA) is 84.5 Å². The molecule has 0 heterocycles. The minimum Gasteiger partial charge on any atom is -0.457 e. The molecule has 2 aromatic carbocycles. The summed E-state index contributed by atoms with van der Waals surface area (Å²) in [6.45, 7) is 3.33. The molecule has 0 saturated heterocycles. The molecule has 2 aromatic rings. The molecule has 0 radical (unpaired) electrons. The fraction of sp³-hybridized carbons (Fsp3) is 0.409. The van der Waals surface area contributed by atoms with Gasteiger partial charge in [-0.1, -0.05) is 24.3 Å². The van der Waals surface area contributed by atoms with Crippen molar-refractivity contribution in [3.05, 3.63) is 54.6 Å². The zero-order valence-electron chi connectivity index (χ0n) is 16.8. The average molecular weight is 417 g/mol. The Morgan fingerprint density at radius 2 is 1.62 bits per heavy atom. The maximum Gasteiger partial charge on any atom is 0.227 e. The SMILES string of the molecule is CC(C)S(=O)(=O)NC1CCC(C(=O)Nc2cccc(Oc3ccccc3)c2)CC1. The third-order valence-corrected chi connectivity index (χ3v) is 7.03. The van der Waals surface area contributed by atoms with E-state index in [1.54, 1.807) is 19.9 Å². The van der Waals surface area contributed by atoms with Crippen LogP contribution < -0.4 is 14.8 Å². The van der Waals surface area contributed by atoms with Crippen molar-refractivity contribution in [3.8, 4) is 11.5 Å². The van der Waals surface area contributed by atoms with Crippen molar-refractivity contribution < 1.29 is 17.9 Å². The number of para-hydroxylation sites is 1. The van der Waals surface area contributed by atoms with Crippen LogP contribution in [0.4, 0.5) is 5.69 Å². The van der Waals surface area contributed by atoms with Gasteiger partial charge in [-0.3, -0.25) is 4.79 Å². The molecule has 1 fully saturated rings. The number of benzene rings is 2. The molecule has 6 nitrogen and oxygen atoms in total. The van der Waals surface area contributed by atoms with Crippen LogP contribution in [0.5, 0.6) is 11.5 Å². The molecule has 0 unspecified atom stereocenters. The van der Waals surface area contributed by atoms with Gasteiger partial charge in [-0.15, -0.1) is 0 Å². The van der Waals surface area contributed by atoms with Gasteiger partial charge in [-0.25, -0.2) is 13.1 Å². The highest BCUT2D eigenvalue weighted by atomic mass is 32.2. The van der Waals surface area contributed by atoms with Crippen LogP contribution in [0.15, 0.2) is 54.6 Å². The van der Waals surface area contributed by atoms with Crippen LogP contribution in [0.25, 0.3) is 0 Å². The number of amides is 1. The molecule has 0 aliphatic heterocycles. The molecule has 29 heavy (non-hydrogen) atoms. The Morgan fingerprint density at radius 1 is 0.966 bits per heavy atom. The zero-order chi connectivity index (χ0) is 20.9. The summed E-state index contributed by atoms with van der Waals surface area (Å²) in [6, 6.07) is 16.7. The fourth-order valence-electron chi connectivity index (χ4n) is 3.35. The van der Waals surface area contributed by atoms with Crippen molar-refractivity contribution in [2.24, 2.45) is 5.92 Å². The predicted octanol–water partition coefficient (Wildman–Crippen LogP) is 4.30. The van der Waals surface area contributed by atoms with E-state index in [1.165, 1.54) is 0 Å². The summed E-state index contributed by atoms with van der Waals surface area (Å²) in [5.74, 6) is 1.24. The van der Waals surface area contributed by atoms with Gasteiger partial charge in [-0.2, -0.15) is 0 Å². The Labute approximate surface area is 172 Å². The van der Waals surface area contributed by atoms with Crippen LogP contribution in [0.3, 0.4) is 0 Å². The van der Waals surface area contributed by atoms with E-state index < -0.39 is 15.3 Å². The number of nitrogens with one attached hydrogen (secondary N) is 2. The molecule has 2 N–H and O–H groups in total. The van der Waals surface area contributed by atoms with Gasteiger partial charge in [0.25, 0.3) is 0 Å². The lowest BCUT2D eigenvalue weighted by atomic mass is 9.86. The fourth-order valence-corrected chi connectivity index (χ4v) is 4.32. The van der Waals surface area contributed by atoms with Crippen LogP contribution in [0.2, 0.25) is 0 Å². The number of carbonyl (C=O) groups is 1. The van der Waals surface area contributed by atoms with Gasteiger partial charge in [0.1, 0.15) is 11.5 Å². The molecule has 1 aliphatic rings. The number of anilines is 1.